The summed E-state index contributed by atoms with van der Waals surface area (Å²) in [7, 11) is 0. The molecule has 2 rings (SSSR count). The van der Waals surface area contributed by atoms with Crippen LogP contribution in [0.25, 0.3) is 0 Å². The highest BCUT2D eigenvalue weighted by atomic mass is 32.1. The molecule has 228 valence electrons. The monoisotopic (exact) mass is 600 g/mol. The van der Waals surface area contributed by atoms with Gasteiger partial charge in [0.05, 0.1) is 0 Å². The van der Waals surface area contributed by atoms with E-state index in [0.29, 0.717) is 13.0 Å². The van der Waals surface area contributed by atoms with E-state index in [4.69, 9.17) is 9.84 Å². The maximum Gasteiger partial charge on any atom is 0.408 e. The van der Waals surface area contributed by atoms with Gasteiger partial charge in [0.25, 0.3) is 0 Å². The maximum atomic E-state index is 13.2. The molecular weight excluding hydrogens is 560 g/mol. The summed E-state index contributed by atoms with van der Waals surface area (Å²) >= 11 is 4.21. The molecule has 5 N–H and O–H groups in total. The first-order chi connectivity index (χ1) is 20.1. The van der Waals surface area contributed by atoms with Crippen LogP contribution in [0.3, 0.4) is 0 Å². The molecule has 3 unspecified atom stereocenters. The van der Waals surface area contributed by atoms with Gasteiger partial charge in [0.15, 0.2) is 0 Å². The highest BCUT2D eigenvalue weighted by Crippen LogP contribution is 2.09. The predicted molar refractivity (Wildman–Crippen MR) is 161 cm³/mol. The average molecular weight is 601 g/mol. The minimum absolute atomic E-state index is 0.0172. The van der Waals surface area contributed by atoms with Crippen molar-refractivity contribution >= 4 is 42.4 Å². The molecule has 0 aromatic heterocycles. The number of aliphatic carboxylic acids is 1. The second kappa shape index (κ2) is 18.4. The minimum Gasteiger partial charge on any atom is -0.481 e. The van der Waals surface area contributed by atoms with Crippen LogP contribution in [0.5, 0.6) is 0 Å². The lowest BCUT2D eigenvalue weighted by atomic mass is 10.0. The van der Waals surface area contributed by atoms with Gasteiger partial charge in [-0.15, -0.1) is 0 Å². The number of hydrogen-bond donors (Lipinski definition) is 6. The van der Waals surface area contributed by atoms with E-state index in [2.05, 4.69) is 33.9 Å². The van der Waals surface area contributed by atoms with Crippen molar-refractivity contribution in [1.82, 2.24) is 21.3 Å². The van der Waals surface area contributed by atoms with Crippen LogP contribution in [0.15, 0.2) is 60.7 Å². The van der Waals surface area contributed by atoms with Crippen molar-refractivity contribution in [2.24, 2.45) is 5.92 Å². The average Bonchev–Trinajstić information content (AvgIpc) is 2.97. The van der Waals surface area contributed by atoms with Crippen LogP contribution in [-0.4, -0.2) is 65.3 Å². The Hall–Kier alpha value is -4.06. The summed E-state index contributed by atoms with van der Waals surface area (Å²) in [6.45, 7) is 4.04. The lowest BCUT2D eigenvalue weighted by molar-refractivity contribution is -0.137. The molecule has 0 spiro atoms. The van der Waals surface area contributed by atoms with Crippen LogP contribution in [0.4, 0.5) is 4.79 Å². The summed E-state index contributed by atoms with van der Waals surface area (Å²) in [6.07, 6.45) is -0.679. The first-order valence-corrected chi connectivity index (χ1v) is 14.4. The number of ether oxygens (including phenoxy) is 1. The Bertz CT molecular complexity index is 1160. The fourth-order valence-electron chi connectivity index (χ4n) is 3.98. The largest absolute Gasteiger partial charge is 0.481 e. The van der Waals surface area contributed by atoms with Gasteiger partial charge in [-0.3, -0.25) is 19.2 Å². The summed E-state index contributed by atoms with van der Waals surface area (Å²) < 4.78 is 5.18. The number of benzene rings is 2. The van der Waals surface area contributed by atoms with Crippen molar-refractivity contribution in [3.8, 4) is 0 Å². The Morgan fingerprint density at radius 1 is 0.786 bits per heavy atom. The molecular formula is C30H40N4O7S. The Labute approximate surface area is 251 Å². The van der Waals surface area contributed by atoms with E-state index in [-0.39, 0.29) is 31.1 Å². The van der Waals surface area contributed by atoms with Gasteiger partial charge in [-0.2, -0.15) is 12.6 Å². The van der Waals surface area contributed by atoms with E-state index in [9.17, 15) is 24.0 Å². The zero-order chi connectivity index (χ0) is 30.9. The molecule has 0 heterocycles. The number of carbonyl (C=O) groups excluding carboxylic acids is 4. The number of alkyl carbamates (subject to hydrolysis) is 1. The van der Waals surface area contributed by atoms with E-state index in [0.717, 1.165) is 11.1 Å². The van der Waals surface area contributed by atoms with E-state index in [1.54, 1.807) is 24.3 Å². The van der Waals surface area contributed by atoms with Crippen molar-refractivity contribution in [3.05, 3.63) is 71.8 Å². The van der Waals surface area contributed by atoms with Crippen molar-refractivity contribution in [2.45, 2.75) is 64.3 Å². The Morgan fingerprint density at radius 2 is 1.36 bits per heavy atom. The predicted octanol–water partition coefficient (Wildman–Crippen LogP) is 2.45. The minimum atomic E-state index is -1.27. The summed E-state index contributed by atoms with van der Waals surface area (Å²) in [6, 6.07) is 15.3. The van der Waals surface area contributed by atoms with Crippen LogP contribution >= 0.6 is 12.6 Å². The maximum absolute atomic E-state index is 13.2. The van der Waals surface area contributed by atoms with Crippen LogP contribution in [0, 0.1) is 5.92 Å². The smallest absolute Gasteiger partial charge is 0.408 e. The van der Waals surface area contributed by atoms with Gasteiger partial charge in [0, 0.05) is 18.7 Å². The third kappa shape index (κ3) is 13.1. The fraction of sp³-hybridized carbons (Fsp3) is 0.433. The summed E-state index contributed by atoms with van der Waals surface area (Å²) in [5.74, 6) is -2.90. The molecule has 3 atom stereocenters. The fourth-order valence-corrected chi connectivity index (χ4v) is 4.24. The van der Waals surface area contributed by atoms with Gasteiger partial charge in [0.1, 0.15) is 24.7 Å². The molecule has 0 aliphatic heterocycles. The first kappa shape index (κ1) is 34.1. The zero-order valence-corrected chi connectivity index (χ0v) is 24.8. The molecule has 0 saturated heterocycles. The van der Waals surface area contributed by atoms with Gasteiger partial charge in [-0.05, 0) is 36.3 Å². The number of rotatable bonds is 17. The summed E-state index contributed by atoms with van der Waals surface area (Å²) in [4.78, 5) is 62.7. The summed E-state index contributed by atoms with van der Waals surface area (Å²) in [5, 5.41) is 19.6. The van der Waals surface area contributed by atoms with Gasteiger partial charge < -0.3 is 31.1 Å². The third-order valence-electron chi connectivity index (χ3n) is 6.18. The van der Waals surface area contributed by atoms with E-state index < -0.39 is 54.3 Å². The van der Waals surface area contributed by atoms with Crippen LogP contribution in [0.1, 0.15) is 44.2 Å². The van der Waals surface area contributed by atoms with Crippen molar-refractivity contribution in [1.29, 1.82) is 0 Å². The topological polar surface area (TPSA) is 163 Å². The lowest BCUT2D eigenvalue weighted by Crippen LogP contribution is -2.57. The van der Waals surface area contributed by atoms with E-state index in [1.807, 2.05) is 50.2 Å². The number of carbonyl (C=O) groups is 5. The molecule has 12 heteroatoms. The number of carboxylic acids is 1. The zero-order valence-electron chi connectivity index (χ0n) is 23.9. The molecule has 11 nitrogen and oxygen atoms in total. The van der Waals surface area contributed by atoms with Gasteiger partial charge in [-0.25, -0.2) is 4.79 Å². The van der Waals surface area contributed by atoms with Crippen molar-refractivity contribution in [3.63, 3.8) is 0 Å². The molecule has 4 amide bonds. The molecule has 2 aromatic carbocycles. The van der Waals surface area contributed by atoms with Crippen molar-refractivity contribution in [2.75, 3.05) is 12.3 Å². The Morgan fingerprint density at radius 3 is 1.93 bits per heavy atom. The molecule has 0 saturated carbocycles. The third-order valence-corrected chi connectivity index (χ3v) is 6.54. The molecule has 42 heavy (non-hydrogen) atoms. The van der Waals surface area contributed by atoms with Crippen LogP contribution < -0.4 is 21.3 Å². The molecule has 0 aliphatic carbocycles. The van der Waals surface area contributed by atoms with Crippen molar-refractivity contribution < 1.29 is 33.8 Å². The molecule has 2 aromatic rings. The molecule has 0 aliphatic rings. The summed E-state index contributed by atoms with van der Waals surface area (Å²) in [5.41, 5.74) is 1.79. The van der Waals surface area contributed by atoms with Gasteiger partial charge in [-0.1, -0.05) is 74.5 Å². The normalized spacial score (nSPS) is 12.9. The Kier molecular flexibility index (Phi) is 14.9. The van der Waals surface area contributed by atoms with E-state index in [1.165, 1.54) is 0 Å². The van der Waals surface area contributed by atoms with Gasteiger partial charge in [0.2, 0.25) is 17.7 Å². The number of thiol groups is 1. The Balaban J connectivity index is 2.01. The number of nitrogens with one attached hydrogen (secondary N) is 4. The number of hydrogen-bond acceptors (Lipinski definition) is 7. The first-order valence-electron chi connectivity index (χ1n) is 13.8. The van der Waals surface area contributed by atoms with Crippen LogP contribution in [-0.2, 0) is 36.9 Å². The molecule has 0 fully saturated rings. The standard InChI is InChI=1S/C30H40N4O7S/c1-20(2)17-24(29(39)33-25(19-42)27(37)31-16-15-21-9-5-3-6-10-21)32-28(38)23(13-14-26(35)36)34-30(40)41-18-22-11-7-4-8-12-22/h3-12,20,23-25,42H,13-19H2,1-2H3,(H,31,37)(H,32,38)(H,33,39)(H,34,40)(H,35,36). The SMILES string of the molecule is CC(C)CC(NC(=O)C(CCC(=O)O)NC(=O)OCc1ccccc1)C(=O)NC(CS)C(=O)NCCc1ccccc1. The van der Waals surface area contributed by atoms with E-state index >= 15 is 0 Å². The second-order valence-corrected chi connectivity index (χ2v) is 10.5. The highest BCUT2D eigenvalue weighted by molar-refractivity contribution is 7.80. The highest BCUT2D eigenvalue weighted by Gasteiger charge is 2.30. The second-order valence-electron chi connectivity index (χ2n) is 10.2. The molecule has 0 radical (unpaired) electrons. The van der Waals surface area contributed by atoms with Crippen LogP contribution in [0.2, 0.25) is 0 Å². The quantitative estimate of drug-likeness (QED) is 0.152. The number of carboxylic acid groups (broad SMARTS) is 1. The molecule has 0 bridgehead atoms. The number of amides is 4. The lowest BCUT2D eigenvalue weighted by Gasteiger charge is -2.25. The van der Waals surface area contributed by atoms with Gasteiger partial charge >= 0.3 is 12.1 Å².